The first kappa shape index (κ1) is 14.2. The van der Waals surface area contributed by atoms with Crippen LogP contribution < -0.4 is 5.73 Å². The van der Waals surface area contributed by atoms with Gasteiger partial charge in [-0.2, -0.15) is 11.8 Å². The molecule has 2 aliphatic rings. The molecule has 0 aliphatic heterocycles. The van der Waals surface area contributed by atoms with E-state index >= 15 is 0 Å². The summed E-state index contributed by atoms with van der Waals surface area (Å²) in [6, 6.07) is 0.105. The third-order valence-electron chi connectivity index (χ3n) is 4.08. The van der Waals surface area contributed by atoms with Crippen LogP contribution in [-0.4, -0.2) is 41.8 Å². The number of methoxy groups -OCH3 is 1. The van der Waals surface area contributed by atoms with Crippen LogP contribution in [0.5, 0.6) is 0 Å². The van der Waals surface area contributed by atoms with Crippen LogP contribution in [0.4, 0.5) is 0 Å². The van der Waals surface area contributed by atoms with Gasteiger partial charge in [-0.05, 0) is 42.8 Å². The SMILES string of the molecule is COC(=O)CC1(CSC(CO)C(N)C2CC2)CC1. The van der Waals surface area contributed by atoms with Gasteiger partial charge < -0.3 is 15.6 Å². The Morgan fingerprint density at radius 3 is 2.67 bits per heavy atom. The Kier molecular flexibility index (Phi) is 4.56. The Hall–Kier alpha value is -0.260. The molecule has 2 saturated carbocycles. The zero-order valence-corrected chi connectivity index (χ0v) is 11.7. The molecule has 2 unspecified atom stereocenters. The Morgan fingerprint density at radius 2 is 2.22 bits per heavy atom. The van der Waals surface area contributed by atoms with Crippen LogP contribution in [0.1, 0.15) is 32.1 Å². The summed E-state index contributed by atoms with van der Waals surface area (Å²) in [5.41, 5.74) is 6.26. The molecule has 0 spiro atoms. The number of ether oxygens (including phenoxy) is 1. The highest BCUT2D eigenvalue weighted by atomic mass is 32.2. The van der Waals surface area contributed by atoms with Crippen LogP contribution >= 0.6 is 11.8 Å². The first-order chi connectivity index (χ1) is 8.60. The average molecular weight is 273 g/mol. The fraction of sp³-hybridized carbons (Fsp3) is 0.923. The fourth-order valence-corrected chi connectivity index (χ4v) is 3.79. The van der Waals surface area contributed by atoms with E-state index in [2.05, 4.69) is 0 Å². The largest absolute Gasteiger partial charge is 0.469 e. The Labute approximate surface area is 113 Å². The van der Waals surface area contributed by atoms with Gasteiger partial charge in [-0.3, -0.25) is 4.79 Å². The minimum absolute atomic E-state index is 0.105. The normalized spacial score (nSPS) is 24.4. The van der Waals surface area contributed by atoms with E-state index in [4.69, 9.17) is 10.5 Å². The minimum Gasteiger partial charge on any atom is -0.469 e. The molecule has 5 heteroatoms. The number of aliphatic hydroxyl groups is 1. The van der Waals surface area contributed by atoms with Crippen LogP contribution in [0, 0.1) is 11.3 Å². The van der Waals surface area contributed by atoms with Gasteiger partial charge in [0.25, 0.3) is 0 Å². The monoisotopic (exact) mass is 273 g/mol. The maximum Gasteiger partial charge on any atom is 0.306 e. The molecule has 2 aliphatic carbocycles. The molecule has 0 amide bonds. The molecule has 2 rings (SSSR count). The number of aliphatic hydroxyl groups excluding tert-OH is 1. The van der Waals surface area contributed by atoms with Crippen LogP contribution in [0.15, 0.2) is 0 Å². The molecule has 2 atom stereocenters. The summed E-state index contributed by atoms with van der Waals surface area (Å²) in [5, 5.41) is 9.54. The van der Waals surface area contributed by atoms with Crippen molar-refractivity contribution >= 4 is 17.7 Å². The summed E-state index contributed by atoms with van der Waals surface area (Å²) in [5.74, 6) is 1.39. The summed E-state index contributed by atoms with van der Waals surface area (Å²) in [6.45, 7) is 0.136. The molecule has 2 fully saturated rings. The van der Waals surface area contributed by atoms with E-state index < -0.39 is 0 Å². The van der Waals surface area contributed by atoms with Crippen molar-refractivity contribution in [2.24, 2.45) is 17.1 Å². The van der Waals surface area contributed by atoms with Crippen LogP contribution in [-0.2, 0) is 9.53 Å². The summed E-state index contributed by atoms with van der Waals surface area (Å²) in [7, 11) is 1.44. The van der Waals surface area contributed by atoms with Gasteiger partial charge in [0.2, 0.25) is 0 Å². The van der Waals surface area contributed by atoms with Crippen molar-refractivity contribution in [1.82, 2.24) is 0 Å². The van der Waals surface area contributed by atoms with Gasteiger partial charge in [0.1, 0.15) is 0 Å². The summed E-state index contributed by atoms with van der Waals surface area (Å²) in [6.07, 6.45) is 5.09. The molecular weight excluding hydrogens is 250 g/mol. The summed E-state index contributed by atoms with van der Waals surface area (Å²) in [4.78, 5) is 11.3. The lowest BCUT2D eigenvalue weighted by atomic mass is 10.1. The van der Waals surface area contributed by atoms with Crippen molar-refractivity contribution in [2.45, 2.75) is 43.4 Å². The van der Waals surface area contributed by atoms with Gasteiger partial charge in [0.15, 0.2) is 0 Å². The van der Waals surface area contributed by atoms with Gasteiger partial charge >= 0.3 is 5.97 Å². The van der Waals surface area contributed by atoms with Gasteiger partial charge in [0, 0.05) is 11.3 Å². The summed E-state index contributed by atoms with van der Waals surface area (Å²) < 4.78 is 4.73. The molecule has 18 heavy (non-hydrogen) atoms. The zero-order valence-electron chi connectivity index (χ0n) is 10.9. The number of carbonyl (C=O) groups excluding carboxylic acids is 1. The fourth-order valence-electron chi connectivity index (χ4n) is 2.28. The Balaban J connectivity index is 1.76. The number of carbonyl (C=O) groups is 1. The molecule has 0 aromatic rings. The highest BCUT2D eigenvalue weighted by molar-refractivity contribution is 8.00. The molecule has 0 aromatic heterocycles. The standard InChI is InChI=1S/C13H23NO3S/c1-17-11(16)6-13(4-5-13)8-18-10(7-15)12(14)9-2-3-9/h9-10,12,15H,2-8,14H2,1H3. The number of hydrogen-bond donors (Lipinski definition) is 2. The van der Waals surface area contributed by atoms with Crippen molar-refractivity contribution in [3.63, 3.8) is 0 Å². The third kappa shape index (κ3) is 3.62. The summed E-state index contributed by atoms with van der Waals surface area (Å²) >= 11 is 1.74. The van der Waals surface area contributed by atoms with Crippen LogP contribution in [0.2, 0.25) is 0 Å². The maximum absolute atomic E-state index is 11.3. The highest BCUT2D eigenvalue weighted by Gasteiger charge is 2.45. The second-order valence-electron chi connectivity index (χ2n) is 5.70. The number of nitrogens with two attached hydrogens (primary N) is 1. The maximum atomic E-state index is 11.3. The average Bonchev–Trinajstić information content (AvgIpc) is 3.24. The molecule has 3 N–H and O–H groups in total. The van der Waals surface area contributed by atoms with E-state index in [0.717, 1.165) is 18.6 Å². The van der Waals surface area contributed by atoms with E-state index in [9.17, 15) is 9.90 Å². The molecular formula is C13H23NO3S. The van der Waals surface area contributed by atoms with E-state index in [1.807, 2.05) is 0 Å². The zero-order chi connectivity index (χ0) is 13.2. The second-order valence-corrected chi connectivity index (χ2v) is 6.93. The number of rotatable bonds is 8. The van der Waals surface area contributed by atoms with Crippen LogP contribution in [0.25, 0.3) is 0 Å². The predicted molar refractivity (Wildman–Crippen MR) is 72.3 cm³/mol. The van der Waals surface area contributed by atoms with Gasteiger partial charge in [-0.15, -0.1) is 0 Å². The van der Waals surface area contributed by atoms with Crippen LogP contribution in [0.3, 0.4) is 0 Å². The quantitative estimate of drug-likeness (QED) is 0.649. The van der Waals surface area contributed by atoms with Crippen molar-refractivity contribution in [3.8, 4) is 0 Å². The first-order valence-corrected chi connectivity index (χ1v) is 7.70. The van der Waals surface area contributed by atoms with Crippen molar-refractivity contribution in [3.05, 3.63) is 0 Å². The highest BCUT2D eigenvalue weighted by Crippen LogP contribution is 2.52. The van der Waals surface area contributed by atoms with E-state index in [1.165, 1.54) is 20.0 Å². The lowest BCUT2D eigenvalue weighted by Crippen LogP contribution is -2.37. The third-order valence-corrected chi connectivity index (χ3v) is 5.75. The minimum atomic E-state index is -0.125. The predicted octanol–water partition coefficient (Wildman–Crippen LogP) is 1.16. The topological polar surface area (TPSA) is 72.5 Å². The Morgan fingerprint density at radius 1 is 1.56 bits per heavy atom. The van der Waals surface area contributed by atoms with E-state index in [0.29, 0.717) is 12.3 Å². The molecule has 4 nitrogen and oxygen atoms in total. The molecule has 0 aromatic carbocycles. The molecule has 0 radical (unpaired) electrons. The van der Waals surface area contributed by atoms with E-state index in [1.54, 1.807) is 11.8 Å². The lowest BCUT2D eigenvalue weighted by molar-refractivity contribution is -0.141. The number of hydrogen-bond acceptors (Lipinski definition) is 5. The number of esters is 1. The Bertz CT molecular complexity index is 303. The number of thioether (sulfide) groups is 1. The molecule has 0 saturated heterocycles. The lowest BCUT2D eigenvalue weighted by Gasteiger charge is -2.23. The molecule has 104 valence electrons. The van der Waals surface area contributed by atoms with E-state index in [-0.39, 0.29) is 29.3 Å². The second kappa shape index (κ2) is 5.80. The van der Waals surface area contributed by atoms with Crippen molar-refractivity contribution in [2.75, 3.05) is 19.5 Å². The smallest absolute Gasteiger partial charge is 0.306 e. The molecule has 0 bridgehead atoms. The van der Waals surface area contributed by atoms with Gasteiger partial charge in [0.05, 0.1) is 20.1 Å². The molecule has 0 heterocycles. The van der Waals surface area contributed by atoms with Gasteiger partial charge in [-0.25, -0.2) is 0 Å². The first-order valence-electron chi connectivity index (χ1n) is 6.65. The van der Waals surface area contributed by atoms with Crippen molar-refractivity contribution in [1.29, 1.82) is 0 Å². The van der Waals surface area contributed by atoms with Crippen molar-refractivity contribution < 1.29 is 14.6 Å². The van der Waals surface area contributed by atoms with Gasteiger partial charge in [-0.1, -0.05) is 0 Å².